The summed E-state index contributed by atoms with van der Waals surface area (Å²) in [4.78, 5) is 0. The molecule has 2 aromatic rings. The summed E-state index contributed by atoms with van der Waals surface area (Å²) in [5, 5.41) is 10.6. The number of aryl methyl sites for hydroxylation is 1. The molecule has 0 bridgehead atoms. The Balaban J connectivity index is 2.63. The van der Waals surface area contributed by atoms with E-state index in [0.29, 0.717) is 5.75 Å². The van der Waals surface area contributed by atoms with Crippen LogP contribution in [0.5, 0.6) is 17.4 Å². The Morgan fingerprint density at radius 1 is 1.42 bits per heavy atom. The minimum absolute atomic E-state index is 0.212. The molecule has 1 aromatic heterocycles. The summed E-state index contributed by atoms with van der Waals surface area (Å²) in [6.45, 7) is 0. The van der Waals surface area contributed by atoms with Gasteiger partial charge in [0.1, 0.15) is 5.75 Å². The SMILES string of the molecule is Cn1c(O)c2c3c(cccc31)O2. The van der Waals surface area contributed by atoms with Crippen LogP contribution in [0.2, 0.25) is 0 Å². The van der Waals surface area contributed by atoms with Gasteiger partial charge in [-0.15, -0.1) is 0 Å². The van der Waals surface area contributed by atoms with Crippen LogP contribution < -0.4 is 4.74 Å². The molecule has 0 atom stereocenters. The summed E-state index contributed by atoms with van der Waals surface area (Å²) in [5.41, 5.74) is 1.02. The third-order valence-electron chi connectivity index (χ3n) is 2.33. The van der Waals surface area contributed by atoms with Gasteiger partial charge in [-0.3, -0.25) is 0 Å². The second-order valence-electron chi connectivity index (χ2n) is 2.96. The van der Waals surface area contributed by atoms with E-state index in [0.717, 1.165) is 16.7 Å². The second-order valence-corrected chi connectivity index (χ2v) is 2.96. The maximum atomic E-state index is 9.51. The van der Waals surface area contributed by atoms with E-state index in [9.17, 15) is 5.11 Å². The van der Waals surface area contributed by atoms with Crippen molar-refractivity contribution in [2.45, 2.75) is 0 Å². The Labute approximate surface area is 68.8 Å². The molecule has 0 radical (unpaired) electrons. The fourth-order valence-electron chi connectivity index (χ4n) is 1.65. The summed E-state index contributed by atoms with van der Waals surface area (Å²) in [5.74, 6) is 1.69. The molecule has 0 amide bonds. The fraction of sp³-hybridized carbons (Fsp3) is 0.111. The van der Waals surface area contributed by atoms with Gasteiger partial charge in [-0.1, -0.05) is 6.07 Å². The molecule has 1 aliphatic rings. The highest BCUT2D eigenvalue weighted by Gasteiger charge is 2.27. The van der Waals surface area contributed by atoms with Crippen molar-refractivity contribution < 1.29 is 9.84 Å². The van der Waals surface area contributed by atoms with Crippen LogP contribution >= 0.6 is 0 Å². The highest BCUT2D eigenvalue weighted by atomic mass is 16.5. The standard InChI is InChI=1S/C9H7NO2/c1-10-5-3-2-4-6-7(5)8(12-6)9(10)11/h2-4,11H,1H3. The molecule has 3 rings (SSSR count). The van der Waals surface area contributed by atoms with Crippen LogP contribution in [0.15, 0.2) is 18.2 Å². The molecule has 0 saturated heterocycles. The average molecular weight is 161 g/mol. The van der Waals surface area contributed by atoms with Crippen molar-refractivity contribution in [2.75, 3.05) is 0 Å². The Morgan fingerprint density at radius 2 is 2.25 bits per heavy atom. The highest BCUT2D eigenvalue weighted by Crippen LogP contribution is 2.52. The van der Waals surface area contributed by atoms with E-state index in [4.69, 9.17) is 4.74 Å². The van der Waals surface area contributed by atoms with Gasteiger partial charge in [0.2, 0.25) is 5.88 Å². The third kappa shape index (κ3) is 0.432. The quantitative estimate of drug-likeness (QED) is 0.547. The van der Waals surface area contributed by atoms with Crippen LogP contribution in [0.25, 0.3) is 10.9 Å². The van der Waals surface area contributed by atoms with Gasteiger partial charge in [-0.25, -0.2) is 0 Å². The number of ether oxygens (including phenoxy) is 1. The van der Waals surface area contributed by atoms with Crippen LogP contribution in [-0.2, 0) is 7.05 Å². The zero-order chi connectivity index (χ0) is 8.29. The molecule has 1 aromatic carbocycles. The smallest absolute Gasteiger partial charge is 0.236 e. The lowest BCUT2D eigenvalue weighted by Crippen LogP contribution is -1.92. The minimum Gasteiger partial charge on any atom is -0.492 e. The van der Waals surface area contributed by atoms with E-state index in [1.807, 2.05) is 25.2 Å². The van der Waals surface area contributed by atoms with E-state index < -0.39 is 0 Å². The number of benzene rings is 1. The molecule has 3 heteroatoms. The maximum Gasteiger partial charge on any atom is 0.236 e. The molecule has 1 N–H and O–H groups in total. The molecular formula is C9H7NO2. The molecule has 0 fully saturated rings. The van der Waals surface area contributed by atoms with Crippen molar-refractivity contribution in [3.63, 3.8) is 0 Å². The fourth-order valence-corrected chi connectivity index (χ4v) is 1.65. The van der Waals surface area contributed by atoms with Crippen molar-refractivity contribution in [1.29, 1.82) is 0 Å². The lowest BCUT2D eigenvalue weighted by atomic mass is 10.2. The number of hydrogen-bond acceptors (Lipinski definition) is 2. The van der Waals surface area contributed by atoms with Crippen LogP contribution in [0.4, 0.5) is 0 Å². The van der Waals surface area contributed by atoms with Gasteiger partial charge in [-0.2, -0.15) is 0 Å². The van der Waals surface area contributed by atoms with Crippen LogP contribution in [0, 0.1) is 0 Å². The maximum absolute atomic E-state index is 9.51. The summed E-state index contributed by atoms with van der Waals surface area (Å²) in [7, 11) is 1.82. The first-order valence-corrected chi connectivity index (χ1v) is 3.77. The lowest BCUT2D eigenvalue weighted by Gasteiger charge is -2.14. The summed E-state index contributed by atoms with van der Waals surface area (Å²) in [6.07, 6.45) is 0. The van der Waals surface area contributed by atoms with Crippen LogP contribution in [0.1, 0.15) is 0 Å². The number of nitrogens with zero attached hydrogens (tertiary/aromatic N) is 1. The molecule has 60 valence electrons. The van der Waals surface area contributed by atoms with Crippen molar-refractivity contribution in [2.24, 2.45) is 7.05 Å². The minimum atomic E-state index is 0.212. The van der Waals surface area contributed by atoms with Crippen molar-refractivity contribution in [3.05, 3.63) is 18.2 Å². The first kappa shape index (κ1) is 5.94. The first-order chi connectivity index (χ1) is 5.79. The van der Waals surface area contributed by atoms with E-state index in [2.05, 4.69) is 0 Å². The number of aromatic hydroxyl groups is 1. The monoisotopic (exact) mass is 161 g/mol. The van der Waals surface area contributed by atoms with Crippen molar-refractivity contribution >= 4 is 10.9 Å². The van der Waals surface area contributed by atoms with Gasteiger partial charge in [0.15, 0.2) is 5.75 Å². The molecule has 2 heterocycles. The Bertz CT molecular complexity index is 471. The zero-order valence-electron chi connectivity index (χ0n) is 6.53. The first-order valence-electron chi connectivity index (χ1n) is 3.77. The van der Waals surface area contributed by atoms with Gasteiger partial charge in [0.05, 0.1) is 10.9 Å². The molecule has 3 nitrogen and oxygen atoms in total. The van der Waals surface area contributed by atoms with E-state index in [-0.39, 0.29) is 5.88 Å². The molecule has 1 aliphatic heterocycles. The Morgan fingerprint density at radius 3 is 3.00 bits per heavy atom. The Kier molecular flexibility index (Phi) is 0.781. The van der Waals surface area contributed by atoms with Gasteiger partial charge in [0.25, 0.3) is 0 Å². The number of rotatable bonds is 0. The topological polar surface area (TPSA) is 34.4 Å². The van der Waals surface area contributed by atoms with Gasteiger partial charge >= 0.3 is 0 Å². The summed E-state index contributed by atoms with van der Waals surface area (Å²) in [6, 6.07) is 5.78. The molecule has 0 aliphatic carbocycles. The van der Waals surface area contributed by atoms with Gasteiger partial charge < -0.3 is 14.4 Å². The van der Waals surface area contributed by atoms with Crippen molar-refractivity contribution in [1.82, 2.24) is 4.57 Å². The summed E-state index contributed by atoms with van der Waals surface area (Å²) < 4.78 is 6.98. The molecule has 12 heavy (non-hydrogen) atoms. The lowest BCUT2D eigenvalue weighted by molar-refractivity contribution is 0.380. The van der Waals surface area contributed by atoms with Crippen LogP contribution in [0.3, 0.4) is 0 Å². The molecule has 0 unspecified atom stereocenters. The highest BCUT2D eigenvalue weighted by molar-refractivity contribution is 6.00. The third-order valence-corrected chi connectivity index (χ3v) is 2.33. The number of aromatic nitrogens is 1. The predicted molar refractivity (Wildman–Crippen MR) is 44.7 cm³/mol. The van der Waals surface area contributed by atoms with Gasteiger partial charge in [-0.05, 0) is 12.1 Å². The van der Waals surface area contributed by atoms with Gasteiger partial charge in [0, 0.05) is 7.05 Å². The zero-order valence-corrected chi connectivity index (χ0v) is 6.53. The summed E-state index contributed by atoms with van der Waals surface area (Å²) >= 11 is 0. The average Bonchev–Trinajstić information content (AvgIpc) is 2.24. The predicted octanol–water partition coefficient (Wildman–Crippen LogP) is 1.99. The molecular weight excluding hydrogens is 154 g/mol. The van der Waals surface area contributed by atoms with E-state index in [1.54, 1.807) is 4.57 Å². The van der Waals surface area contributed by atoms with E-state index >= 15 is 0 Å². The molecule has 0 spiro atoms. The van der Waals surface area contributed by atoms with Crippen LogP contribution in [-0.4, -0.2) is 9.67 Å². The van der Waals surface area contributed by atoms with E-state index in [1.165, 1.54) is 0 Å². The Hall–Kier alpha value is -1.64. The van der Waals surface area contributed by atoms with Crippen molar-refractivity contribution in [3.8, 4) is 17.4 Å². The number of hydrogen-bond donors (Lipinski definition) is 1. The normalized spacial score (nSPS) is 12.8. The second kappa shape index (κ2) is 1.58. The molecule has 0 saturated carbocycles. The largest absolute Gasteiger partial charge is 0.492 e.